The van der Waals surface area contributed by atoms with Gasteiger partial charge in [0.2, 0.25) is 0 Å². The first kappa shape index (κ1) is 14.2. The highest BCUT2D eigenvalue weighted by Crippen LogP contribution is 2.19. The molecule has 1 unspecified atom stereocenters. The summed E-state index contributed by atoms with van der Waals surface area (Å²) in [5, 5.41) is 3.57. The fourth-order valence-corrected chi connectivity index (χ4v) is 2.60. The minimum absolute atomic E-state index is 0.0812. The van der Waals surface area contributed by atoms with E-state index in [9.17, 15) is 0 Å². The van der Waals surface area contributed by atoms with E-state index in [1.165, 1.54) is 5.56 Å². The maximum Gasteiger partial charge on any atom is 0.165 e. The van der Waals surface area contributed by atoms with E-state index in [1.807, 2.05) is 18.2 Å². The highest BCUT2D eigenvalue weighted by molar-refractivity contribution is 7.80. The lowest BCUT2D eigenvalue weighted by atomic mass is 10.1. The maximum atomic E-state index is 5.67. The number of thiocarbonyl (C=S) groups is 1. The second kappa shape index (κ2) is 6.84. The van der Waals surface area contributed by atoms with Crippen LogP contribution in [0.5, 0.6) is 0 Å². The standard InChI is InChI=1S/C14H22N4S/c1-2-17-8-10-18(11-9-17)13(16-14(15)19)12-6-4-3-5-7-12/h3-7,13H,2,8-11H2,1H3,(H3,15,16,19). The average Bonchev–Trinajstić information content (AvgIpc) is 2.46. The van der Waals surface area contributed by atoms with Gasteiger partial charge in [0, 0.05) is 26.2 Å². The molecule has 0 aliphatic carbocycles. The Balaban J connectivity index is 2.08. The van der Waals surface area contributed by atoms with E-state index in [-0.39, 0.29) is 6.17 Å². The van der Waals surface area contributed by atoms with Gasteiger partial charge < -0.3 is 16.0 Å². The van der Waals surface area contributed by atoms with E-state index in [0.717, 1.165) is 32.7 Å². The lowest BCUT2D eigenvalue weighted by Gasteiger charge is -2.39. The predicted molar refractivity (Wildman–Crippen MR) is 82.8 cm³/mol. The van der Waals surface area contributed by atoms with E-state index >= 15 is 0 Å². The smallest absolute Gasteiger partial charge is 0.165 e. The molecule has 0 radical (unpaired) electrons. The van der Waals surface area contributed by atoms with E-state index in [0.29, 0.717) is 5.11 Å². The first-order valence-electron chi connectivity index (χ1n) is 6.78. The van der Waals surface area contributed by atoms with Gasteiger partial charge >= 0.3 is 0 Å². The zero-order valence-corrected chi connectivity index (χ0v) is 12.2. The van der Waals surface area contributed by atoms with Crippen LogP contribution in [0.15, 0.2) is 30.3 Å². The number of benzene rings is 1. The molecule has 19 heavy (non-hydrogen) atoms. The van der Waals surface area contributed by atoms with Crippen LogP contribution < -0.4 is 11.1 Å². The summed E-state index contributed by atoms with van der Waals surface area (Å²) in [6, 6.07) is 10.3. The molecule has 4 nitrogen and oxygen atoms in total. The van der Waals surface area contributed by atoms with Crippen molar-refractivity contribution in [2.24, 2.45) is 5.73 Å². The van der Waals surface area contributed by atoms with Crippen LogP contribution in [0.4, 0.5) is 0 Å². The average molecular weight is 278 g/mol. The Morgan fingerprint density at radius 1 is 1.26 bits per heavy atom. The van der Waals surface area contributed by atoms with Crippen LogP contribution in [-0.2, 0) is 0 Å². The van der Waals surface area contributed by atoms with Crippen molar-refractivity contribution >= 4 is 17.3 Å². The van der Waals surface area contributed by atoms with Gasteiger partial charge in [0.05, 0.1) is 0 Å². The van der Waals surface area contributed by atoms with Gasteiger partial charge in [-0.25, -0.2) is 0 Å². The molecule has 0 spiro atoms. The number of nitrogens with zero attached hydrogens (tertiary/aromatic N) is 2. The molecule has 1 saturated heterocycles. The van der Waals surface area contributed by atoms with Crippen LogP contribution in [0.1, 0.15) is 18.7 Å². The molecule has 1 aromatic carbocycles. The van der Waals surface area contributed by atoms with Crippen molar-refractivity contribution in [3.63, 3.8) is 0 Å². The molecule has 3 N–H and O–H groups in total. The number of rotatable bonds is 4. The quantitative estimate of drug-likeness (QED) is 0.809. The largest absolute Gasteiger partial charge is 0.376 e. The molecule has 104 valence electrons. The van der Waals surface area contributed by atoms with E-state index in [2.05, 4.69) is 34.2 Å². The Morgan fingerprint density at radius 3 is 2.42 bits per heavy atom. The van der Waals surface area contributed by atoms with Gasteiger partial charge in [0.15, 0.2) is 5.11 Å². The number of hydrogen-bond acceptors (Lipinski definition) is 3. The molecule has 1 aliphatic heterocycles. The summed E-state index contributed by atoms with van der Waals surface area (Å²) in [5.74, 6) is 0. The lowest BCUT2D eigenvalue weighted by Crippen LogP contribution is -2.52. The van der Waals surface area contributed by atoms with Gasteiger partial charge in [0.25, 0.3) is 0 Å². The third kappa shape index (κ3) is 3.89. The molecule has 2 rings (SSSR count). The monoisotopic (exact) mass is 278 g/mol. The van der Waals surface area contributed by atoms with E-state index in [4.69, 9.17) is 18.0 Å². The highest BCUT2D eigenvalue weighted by Gasteiger charge is 2.24. The summed E-state index contributed by atoms with van der Waals surface area (Å²) >= 11 is 5.02. The van der Waals surface area contributed by atoms with Crippen molar-refractivity contribution in [1.82, 2.24) is 15.1 Å². The zero-order valence-electron chi connectivity index (χ0n) is 11.4. The molecule has 0 saturated carbocycles. The van der Waals surface area contributed by atoms with Gasteiger partial charge in [-0.3, -0.25) is 4.90 Å². The van der Waals surface area contributed by atoms with Gasteiger partial charge in [-0.15, -0.1) is 0 Å². The first-order chi connectivity index (χ1) is 9.20. The SMILES string of the molecule is CCN1CCN(C(NC(N)=S)c2ccccc2)CC1. The Bertz CT molecular complexity index is 401. The second-order valence-electron chi connectivity index (χ2n) is 4.79. The molecular formula is C14H22N4S. The van der Waals surface area contributed by atoms with Crippen LogP contribution in [0, 0.1) is 0 Å². The van der Waals surface area contributed by atoms with Crippen LogP contribution in [-0.4, -0.2) is 47.6 Å². The van der Waals surface area contributed by atoms with Gasteiger partial charge in [0.1, 0.15) is 6.17 Å². The molecule has 0 amide bonds. The molecule has 1 atom stereocenters. The number of nitrogens with two attached hydrogens (primary N) is 1. The summed E-state index contributed by atoms with van der Waals surface area (Å²) in [6.45, 7) is 7.58. The number of nitrogens with one attached hydrogen (secondary N) is 1. The van der Waals surface area contributed by atoms with Gasteiger partial charge in [-0.1, -0.05) is 37.3 Å². The van der Waals surface area contributed by atoms with Crippen molar-refractivity contribution in [2.45, 2.75) is 13.1 Å². The Kier molecular flexibility index (Phi) is 5.13. The van der Waals surface area contributed by atoms with E-state index in [1.54, 1.807) is 0 Å². The topological polar surface area (TPSA) is 44.5 Å². The van der Waals surface area contributed by atoms with Crippen molar-refractivity contribution in [2.75, 3.05) is 32.7 Å². The fraction of sp³-hybridized carbons (Fsp3) is 0.500. The fourth-order valence-electron chi connectivity index (χ4n) is 2.49. The molecule has 1 heterocycles. The maximum absolute atomic E-state index is 5.67. The second-order valence-corrected chi connectivity index (χ2v) is 5.23. The molecule has 1 fully saturated rings. The Labute approximate surface area is 120 Å². The summed E-state index contributed by atoms with van der Waals surface area (Å²) in [5.41, 5.74) is 6.88. The van der Waals surface area contributed by atoms with Crippen LogP contribution >= 0.6 is 12.2 Å². The molecule has 1 aliphatic rings. The van der Waals surface area contributed by atoms with Crippen LogP contribution in [0.25, 0.3) is 0 Å². The molecule has 1 aromatic rings. The third-order valence-electron chi connectivity index (χ3n) is 3.61. The lowest BCUT2D eigenvalue weighted by molar-refractivity contribution is 0.0929. The molecule has 0 bridgehead atoms. The number of piperazine rings is 1. The highest BCUT2D eigenvalue weighted by atomic mass is 32.1. The van der Waals surface area contributed by atoms with Crippen molar-refractivity contribution in [3.8, 4) is 0 Å². The number of hydrogen-bond donors (Lipinski definition) is 2. The van der Waals surface area contributed by atoms with Crippen molar-refractivity contribution < 1.29 is 0 Å². The molecular weight excluding hydrogens is 256 g/mol. The van der Waals surface area contributed by atoms with Gasteiger partial charge in [-0.05, 0) is 24.3 Å². The zero-order chi connectivity index (χ0) is 13.7. The summed E-state index contributed by atoms with van der Waals surface area (Å²) in [6.07, 6.45) is 0.0812. The van der Waals surface area contributed by atoms with Crippen LogP contribution in [0.2, 0.25) is 0 Å². The Morgan fingerprint density at radius 2 is 1.89 bits per heavy atom. The Hall–Kier alpha value is -1.17. The molecule has 5 heteroatoms. The normalized spacial score (nSPS) is 19.0. The summed E-state index contributed by atoms with van der Waals surface area (Å²) in [4.78, 5) is 4.86. The minimum Gasteiger partial charge on any atom is -0.376 e. The third-order valence-corrected chi connectivity index (χ3v) is 3.73. The van der Waals surface area contributed by atoms with Crippen molar-refractivity contribution in [1.29, 1.82) is 0 Å². The molecule has 0 aromatic heterocycles. The first-order valence-corrected chi connectivity index (χ1v) is 7.19. The van der Waals surface area contributed by atoms with Crippen molar-refractivity contribution in [3.05, 3.63) is 35.9 Å². The summed E-state index contributed by atoms with van der Waals surface area (Å²) < 4.78 is 0. The predicted octanol–water partition coefficient (Wildman–Crippen LogP) is 1.16. The van der Waals surface area contributed by atoms with Gasteiger partial charge in [-0.2, -0.15) is 0 Å². The summed E-state index contributed by atoms with van der Waals surface area (Å²) in [7, 11) is 0. The van der Waals surface area contributed by atoms with Crippen LogP contribution in [0.3, 0.4) is 0 Å². The minimum atomic E-state index is 0.0812. The number of likely N-dealkylation sites (N-methyl/N-ethyl adjacent to an activating group) is 1. The van der Waals surface area contributed by atoms with E-state index < -0.39 is 0 Å².